The Morgan fingerprint density at radius 3 is 2.31 bits per heavy atom. The summed E-state index contributed by atoms with van der Waals surface area (Å²) in [7, 11) is 0. The molecule has 1 N–H and O–H groups in total. The molecule has 0 saturated carbocycles. The summed E-state index contributed by atoms with van der Waals surface area (Å²) in [6, 6.07) is 7.79. The van der Waals surface area contributed by atoms with Gasteiger partial charge in [-0.1, -0.05) is 41.9 Å². The molecule has 0 saturated heterocycles. The number of hydrogen-bond donors (Lipinski definition) is 1. The lowest BCUT2D eigenvalue weighted by Gasteiger charge is -1.97. The molecule has 2 nitrogen and oxygen atoms in total. The van der Waals surface area contributed by atoms with E-state index in [9.17, 15) is 9.18 Å². The van der Waals surface area contributed by atoms with Gasteiger partial charge >= 0.3 is 5.97 Å². The largest absolute Gasteiger partial charge is 0.477 e. The summed E-state index contributed by atoms with van der Waals surface area (Å²) in [5.74, 6) is -2.39. The standard InChI is InChI=1S/C9H6ClFO2/c10-7(9(12)13)8(11)6-4-2-1-3-5-6/h1-5H,(H,12,13). The Morgan fingerprint density at radius 1 is 1.31 bits per heavy atom. The summed E-state index contributed by atoms with van der Waals surface area (Å²) in [4.78, 5) is 10.3. The molecule has 68 valence electrons. The van der Waals surface area contributed by atoms with Crippen LogP contribution in [-0.4, -0.2) is 11.1 Å². The van der Waals surface area contributed by atoms with Crippen LogP contribution in [0, 0.1) is 0 Å². The van der Waals surface area contributed by atoms with Gasteiger partial charge < -0.3 is 5.11 Å². The van der Waals surface area contributed by atoms with Gasteiger partial charge in [0.2, 0.25) is 0 Å². The molecule has 0 amide bonds. The molecule has 0 aliphatic rings. The second-order valence-corrected chi connectivity index (χ2v) is 2.68. The van der Waals surface area contributed by atoms with E-state index in [-0.39, 0.29) is 5.56 Å². The van der Waals surface area contributed by atoms with Crippen LogP contribution < -0.4 is 0 Å². The van der Waals surface area contributed by atoms with E-state index in [2.05, 4.69) is 0 Å². The highest BCUT2D eigenvalue weighted by Crippen LogP contribution is 2.22. The van der Waals surface area contributed by atoms with Crippen molar-refractivity contribution in [1.82, 2.24) is 0 Å². The van der Waals surface area contributed by atoms with E-state index in [0.29, 0.717) is 0 Å². The van der Waals surface area contributed by atoms with Gasteiger partial charge in [-0.2, -0.15) is 0 Å². The van der Waals surface area contributed by atoms with Crippen LogP contribution in [-0.2, 0) is 4.79 Å². The highest BCUT2D eigenvalue weighted by molar-refractivity contribution is 6.43. The van der Waals surface area contributed by atoms with Crippen LogP contribution in [0.4, 0.5) is 4.39 Å². The fourth-order valence-electron chi connectivity index (χ4n) is 0.805. The van der Waals surface area contributed by atoms with Crippen LogP contribution in [0.15, 0.2) is 35.4 Å². The first kappa shape index (κ1) is 9.74. The molecule has 0 spiro atoms. The smallest absolute Gasteiger partial charge is 0.350 e. The Kier molecular flexibility index (Phi) is 3.03. The minimum Gasteiger partial charge on any atom is -0.477 e. The summed E-state index contributed by atoms with van der Waals surface area (Å²) in [5.41, 5.74) is 0.162. The highest BCUT2D eigenvalue weighted by atomic mass is 35.5. The molecule has 0 aliphatic carbocycles. The maximum atomic E-state index is 13.1. The fourth-order valence-corrected chi connectivity index (χ4v) is 0.914. The van der Waals surface area contributed by atoms with E-state index in [0.717, 1.165) is 0 Å². The van der Waals surface area contributed by atoms with E-state index in [1.165, 1.54) is 12.1 Å². The monoisotopic (exact) mass is 200 g/mol. The average molecular weight is 201 g/mol. The predicted octanol–water partition coefficient (Wildman–Crippen LogP) is 2.65. The van der Waals surface area contributed by atoms with Crippen LogP contribution in [0.3, 0.4) is 0 Å². The quantitative estimate of drug-likeness (QED) is 0.746. The predicted molar refractivity (Wildman–Crippen MR) is 48.0 cm³/mol. The van der Waals surface area contributed by atoms with E-state index >= 15 is 0 Å². The summed E-state index contributed by atoms with van der Waals surface area (Å²) in [6.07, 6.45) is 0. The summed E-state index contributed by atoms with van der Waals surface area (Å²) < 4.78 is 13.1. The van der Waals surface area contributed by atoms with E-state index in [1.54, 1.807) is 18.2 Å². The van der Waals surface area contributed by atoms with Gasteiger partial charge in [-0.25, -0.2) is 9.18 Å². The van der Waals surface area contributed by atoms with E-state index < -0.39 is 16.8 Å². The third kappa shape index (κ3) is 2.29. The first-order chi connectivity index (χ1) is 6.13. The third-order valence-corrected chi connectivity index (χ3v) is 1.74. The Bertz CT molecular complexity index is 346. The molecule has 1 rings (SSSR count). The van der Waals surface area contributed by atoms with Crippen LogP contribution >= 0.6 is 11.6 Å². The van der Waals surface area contributed by atoms with Crippen molar-refractivity contribution in [2.75, 3.05) is 0 Å². The lowest BCUT2D eigenvalue weighted by atomic mass is 10.2. The number of carboxylic acids is 1. The SMILES string of the molecule is O=C(O)C(Cl)=C(F)c1ccccc1. The number of carboxylic acid groups (broad SMARTS) is 1. The molecule has 0 bridgehead atoms. The summed E-state index contributed by atoms with van der Waals surface area (Å²) in [6.45, 7) is 0. The Hall–Kier alpha value is -1.35. The zero-order chi connectivity index (χ0) is 9.84. The van der Waals surface area contributed by atoms with Gasteiger partial charge in [0.15, 0.2) is 10.9 Å². The minimum absolute atomic E-state index is 0.162. The minimum atomic E-state index is -1.47. The Morgan fingerprint density at radius 2 is 1.85 bits per heavy atom. The molecule has 0 fully saturated rings. The van der Waals surface area contributed by atoms with Gasteiger partial charge in [0.25, 0.3) is 0 Å². The molecule has 0 aliphatic heterocycles. The van der Waals surface area contributed by atoms with Gasteiger partial charge in [-0.3, -0.25) is 0 Å². The molecule has 0 heterocycles. The molecule has 13 heavy (non-hydrogen) atoms. The fraction of sp³-hybridized carbons (Fsp3) is 0. The van der Waals surface area contributed by atoms with Crippen LogP contribution in [0.1, 0.15) is 5.56 Å². The summed E-state index contributed by atoms with van der Waals surface area (Å²) >= 11 is 5.21. The first-order valence-electron chi connectivity index (χ1n) is 3.47. The lowest BCUT2D eigenvalue weighted by Crippen LogP contribution is -1.96. The van der Waals surface area contributed by atoms with Crippen molar-refractivity contribution in [2.24, 2.45) is 0 Å². The van der Waals surface area contributed by atoms with Crippen molar-refractivity contribution in [3.8, 4) is 0 Å². The topological polar surface area (TPSA) is 37.3 Å². The molecular formula is C9H6ClFO2. The molecule has 0 aromatic heterocycles. The van der Waals surface area contributed by atoms with E-state index in [4.69, 9.17) is 16.7 Å². The van der Waals surface area contributed by atoms with Gasteiger partial charge in [0.1, 0.15) is 0 Å². The maximum absolute atomic E-state index is 13.1. The number of hydrogen-bond acceptors (Lipinski definition) is 1. The normalized spacial score (nSPS) is 12.2. The van der Waals surface area contributed by atoms with Crippen LogP contribution in [0.5, 0.6) is 0 Å². The first-order valence-corrected chi connectivity index (χ1v) is 3.84. The molecule has 0 unspecified atom stereocenters. The molecule has 1 aromatic rings. The average Bonchev–Trinajstić information content (AvgIpc) is 2.17. The van der Waals surface area contributed by atoms with Gasteiger partial charge in [0.05, 0.1) is 0 Å². The van der Waals surface area contributed by atoms with Crippen LogP contribution in [0.25, 0.3) is 5.83 Å². The van der Waals surface area contributed by atoms with Crippen molar-refractivity contribution in [3.05, 3.63) is 40.9 Å². The number of halogens is 2. The number of benzene rings is 1. The molecule has 1 aromatic carbocycles. The zero-order valence-electron chi connectivity index (χ0n) is 6.50. The third-order valence-electron chi connectivity index (χ3n) is 1.41. The van der Waals surface area contributed by atoms with Crippen molar-refractivity contribution in [2.45, 2.75) is 0 Å². The van der Waals surface area contributed by atoms with Crippen molar-refractivity contribution < 1.29 is 14.3 Å². The number of rotatable bonds is 2. The molecule has 0 atom stereocenters. The van der Waals surface area contributed by atoms with Crippen molar-refractivity contribution in [3.63, 3.8) is 0 Å². The maximum Gasteiger partial charge on any atom is 0.350 e. The van der Waals surface area contributed by atoms with Crippen LogP contribution in [0.2, 0.25) is 0 Å². The number of aliphatic carboxylic acids is 1. The van der Waals surface area contributed by atoms with Crippen molar-refractivity contribution in [1.29, 1.82) is 0 Å². The van der Waals surface area contributed by atoms with Gasteiger partial charge in [0, 0.05) is 5.56 Å². The lowest BCUT2D eigenvalue weighted by molar-refractivity contribution is -0.131. The highest BCUT2D eigenvalue weighted by Gasteiger charge is 2.12. The molecule has 0 radical (unpaired) electrons. The molecular weight excluding hydrogens is 195 g/mol. The van der Waals surface area contributed by atoms with Gasteiger partial charge in [-0.15, -0.1) is 0 Å². The summed E-state index contributed by atoms with van der Waals surface area (Å²) in [5, 5.41) is 7.58. The number of carbonyl (C=O) groups is 1. The zero-order valence-corrected chi connectivity index (χ0v) is 7.25. The Labute approximate surface area is 79.3 Å². The second kappa shape index (κ2) is 4.05. The second-order valence-electron chi connectivity index (χ2n) is 2.30. The van der Waals surface area contributed by atoms with Crippen molar-refractivity contribution >= 4 is 23.4 Å². The Balaban J connectivity index is 3.11. The van der Waals surface area contributed by atoms with Gasteiger partial charge in [-0.05, 0) is 0 Å². The molecule has 4 heteroatoms. The van der Waals surface area contributed by atoms with E-state index in [1.807, 2.05) is 0 Å².